The van der Waals surface area contributed by atoms with Crippen molar-refractivity contribution in [2.45, 2.75) is 66.1 Å². The highest BCUT2D eigenvalue weighted by Crippen LogP contribution is 2.09. The third kappa shape index (κ3) is 5.87. The fourth-order valence-electron chi connectivity index (χ4n) is 1.87. The van der Waals surface area contributed by atoms with Crippen LogP contribution in [0.4, 0.5) is 0 Å². The summed E-state index contributed by atoms with van der Waals surface area (Å²) < 4.78 is 2.07. The zero-order valence-corrected chi connectivity index (χ0v) is 12.0. The summed E-state index contributed by atoms with van der Waals surface area (Å²) >= 11 is 0. The van der Waals surface area contributed by atoms with Crippen molar-refractivity contribution < 1.29 is 0 Å². The minimum atomic E-state index is 0.164. The highest BCUT2D eigenvalue weighted by molar-refractivity contribution is 5.04. The molecule has 0 aliphatic rings. The van der Waals surface area contributed by atoms with Crippen LogP contribution in [0.25, 0.3) is 0 Å². The first kappa shape index (κ1) is 14.2. The number of nitrogens with zero attached hydrogens (tertiary/aromatic N) is 2. The van der Waals surface area contributed by atoms with E-state index in [4.69, 9.17) is 0 Å². The molecule has 0 saturated heterocycles. The van der Waals surface area contributed by atoms with E-state index in [1.54, 1.807) is 0 Å². The largest absolute Gasteiger partial charge is 0.308 e. The van der Waals surface area contributed by atoms with Crippen LogP contribution in [-0.4, -0.2) is 15.3 Å². The first-order valence-corrected chi connectivity index (χ1v) is 6.67. The molecule has 3 nitrogen and oxygen atoms in total. The summed E-state index contributed by atoms with van der Waals surface area (Å²) in [5, 5.41) is 7.89. The van der Waals surface area contributed by atoms with Gasteiger partial charge < -0.3 is 5.32 Å². The molecule has 0 amide bonds. The van der Waals surface area contributed by atoms with Gasteiger partial charge in [0.15, 0.2) is 0 Å². The summed E-state index contributed by atoms with van der Waals surface area (Å²) in [4.78, 5) is 0. The summed E-state index contributed by atoms with van der Waals surface area (Å²) in [7, 11) is 0. The second kappa shape index (κ2) is 6.20. The molecule has 0 bridgehead atoms. The minimum absolute atomic E-state index is 0.164. The van der Waals surface area contributed by atoms with E-state index in [1.807, 2.05) is 6.20 Å². The summed E-state index contributed by atoms with van der Waals surface area (Å²) in [6.45, 7) is 13.0. The Morgan fingerprint density at radius 1 is 1.41 bits per heavy atom. The third-order valence-corrected chi connectivity index (χ3v) is 2.79. The molecular formula is C14H27N3. The number of hydrogen-bond acceptors (Lipinski definition) is 2. The topological polar surface area (TPSA) is 29.9 Å². The van der Waals surface area contributed by atoms with E-state index in [0.717, 1.165) is 13.1 Å². The molecule has 0 fully saturated rings. The molecule has 1 heterocycles. The Hall–Kier alpha value is -0.830. The summed E-state index contributed by atoms with van der Waals surface area (Å²) in [6, 6.07) is 0. The average Bonchev–Trinajstić information content (AvgIpc) is 2.62. The predicted molar refractivity (Wildman–Crippen MR) is 72.9 cm³/mol. The molecule has 0 radical (unpaired) electrons. The Kier molecular flexibility index (Phi) is 5.19. The standard InChI is InChI=1S/C14H27N3/c1-6-7-12(2)10-17-11-13(9-16-17)8-15-14(3,4)5/h9,11-12,15H,6-8,10H2,1-5H3. The maximum absolute atomic E-state index is 4.42. The Bertz CT molecular complexity index is 322. The second-order valence-electron chi connectivity index (χ2n) is 6.07. The SMILES string of the molecule is CCCC(C)Cn1cc(CNC(C)(C)C)cn1. The van der Waals surface area contributed by atoms with Crippen LogP contribution in [0.15, 0.2) is 12.4 Å². The molecule has 1 unspecified atom stereocenters. The molecule has 0 aliphatic heterocycles. The van der Waals surface area contributed by atoms with Gasteiger partial charge in [-0.05, 0) is 33.1 Å². The Balaban J connectivity index is 2.42. The Labute approximate surface area is 106 Å². The van der Waals surface area contributed by atoms with E-state index in [0.29, 0.717) is 5.92 Å². The zero-order chi connectivity index (χ0) is 12.9. The summed E-state index contributed by atoms with van der Waals surface area (Å²) in [5.74, 6) is 0.711. The van der Waals surface area contributed by atoms with Crippen molar-refractivity contribution in [1.29, 1.82) is 0 Å². The van der Waals surface area contributed by atoms with Gasteiger partial charge in [-0.15, -0.1) is 0 Å². The van der Waals surface area contributed by atoms with Gasteiger partial charge >= 0.3 is 0 Å². The molecule has 1 atom stereocenters. The maximum Gasteiger partial charge on any atom is 0.0534 e. The van der Waals surface area contributed by atoms with Crippen molar-refractivity contribution in [3.8, 4) is 0 Å². The lowest BCUT2D eigenvalue weighted by Gasteiger charge is -2.19. The lowest BCUT2D eigenvalue weighted by molar-refractivity contribution is 0.416. The monoisotopic (exact) mass is 237 g/mol. The van der Waals surface area contributed by atoms with Gasteiger partial charge in [0.25, 0.3) is 0 Å². The van der Waals surface area contributed by atoms with Gasteiger partial charge in [-0.2, -0.15) is 5.10 Å². The quantitative estimate of drug-likeness (QED) is 0.823. The van der Waals surface area contributed by atoms with Crippen molar-refractivity contribution in [3.63, 3.8) is 0 Å². The second-order valence-corrected chi connectivity index (χ2v) is 6.07. The minimum Gasteiger partial charge on any atom is -0.308 e. The predicted octanol–water partition coefficient (Wildman–Crippen LogP) is 3.21. The molecule has 1 aromatic heterocycles. The first-order chi connectivity index (χ1) is 7.90. The molecule has 98 valence electrons. The Morgan fingerprint density at radius 2 is 2.12 bits per heavy atom. The van der Waals surface area contributed by atoms with Crippen LogP contribution < -0.4 is 5.32 Å². The zero-order valence-electron chi connectivity index (χ0n) is 12.0. The van der Waals surface area contributed by atoms with Gasteiger partial charge in [-0.1, -0.05) is 20.3 Å². The molecule has 0 saturated carbocycles. The van der Waals surface area contributed by atoms with Gasteiger partial charge in [0.05, 0.1) is 6.20 Å². The van der Waals surface area contributed by atoms with Crippen LogP contribution >= 0.6 is 0 Å². The van der Waals surface area contributed by atoms with Gasteiger partial charge in [-0.25, -0.2) is 0 Å². The smallest absolute Gasteiger partial charge is 0.0534 e. The molecule has 1 rings (SSSR count). The van der Waals surface area contributed by atoms with Crippen LogP contribution in [0.1, 0.15) is 53.0 Å². The lowest BCUT2D eigenvalue weighted by atomic mass is 10.1. The molecule has 17 heavy (non-hydrogen) atoms. The molecule has 1 N–H and O–H groups in total. The van der Waals surface area contributed by atoms with E-state index < -0.39 is 0 Å². The number of nitrogens with one attached hydrogen (secondary N) is 1. The maximum atomic E-state index is 4.42. The van der Waals surface area contributed by atoms with Crippen molar-refractivity contribution in [2.24, 2.45) is 5.92 Å². The van der Waals surface area contributed by atoms with E-state index >= 15 is 0 Å². The highest BCUT2D eigenvalue weighted by Gasteiger charge is 2.09. The fraction of sp³-hybridized carbons (Fsp3) is 0.786. The number of rotatable bonds is 6. The molecule has 3 heteroatoms. The van der Waals surface area contributed by atoms with E-state index in [9.17, 15) is 0 Å². The van der Waals surface area contributed by atoms with Gasteiger partial charge in [0, 0.05) is 30.4 Å². The van der Waals surface area contributed by atoms with Crippen molar-refractivity contribution >= 4 is 0 Å². The van der Waals surface area contributed by atoms with Gasteiger partial charge in [-0.3, -0.25) is 4.68 Å². The Morgan fingerprint density at radius 3 is 2.71 bits per heavy atom. The highest BCUT2D eigenvalue weighted by atomic mass is 15.3. The van der Waals surface area contributed by atoms with Gasteiger partial charge in [0.2, 0.25) is 0 Å². The van der Waals surface area contributed by atoms with Gasteiger partial charge in [0.1, 0.15) is 0 Å². The van der Waals surface area contributed by atoms with Crippen molar-refractivity contribution in [2.75, 3.05) is 0 Å². The van der Waals surface area contributed by atoms with E-state index in [2.05, 4.69) is 55.9 Å². The van der Waals surface area contributed by atoms with Crippen LogP contribution in [0.3, 0.4) is 0 Å². The summed E-state index contributed by atoms with van der Waals surface area (Å²) in [6.07, 6.45) is 6.65. The summed E-state index contributed by atoms with van der Waals surface area (Å²) in [5.41, 5.74) is 1.43. The molecule has 1 aromatic rings. The normalized spacial score (nSPS) is 13.9. The number of aromatic nitrogens is 2. The lowest BCUT2D eigenvalue weighted by Crippen LogP contribution is -2.34. The van der Waals surface area contributed by atoms with Crippen LogP contribution in [0.5, 0.6) is 0 Å². The molecular weight excluding hydrogens is 210 g/mol. The fourth-order valence-corrected chi connectivity index (χ4v) is 1.87. The molecule has 0 spiro atoms. The van der Waals surface area contributed by atoms with E-state index in [1.165, 1.54) is 18.4 Å². The number of hydrogen-bond donors (Lipinski definition) is 1. The van der Waals surface area contributed by atoms with Crippen LogP contribution in [-0.2, 0) is 13.1 Å². The van der Waals surface area contributed by atoms with Crippen molar-refractivity contribution in [1.82, 2.24) is 15.1 Å². The van der Waals surface area contributed by atoms with E-state index in [-0.39, 0.29) is 5.54 Å². The van der Waals surface area contributed by atoms with Crippen LogP contribution in [0, 0.1) is 5.92 Å². The molecule has 0 aromatic carbocycles. The van der Waals surface area contributed by atoms with Crippen LogP contribution in [0.2, 0.25) is 0 Å². The third-order valence-electron chi connectivity index (χ3n) is 2.79. The first-order valence-electron chi connectivity index (χ1n) is 6.67. The van der Waals surface area contributed by atoms with Crippen molar-refractivity contribution in [3.05, 3.63) is 18.0 Å². The average molecular weight is 237 g/mol. The molecule has 0 aliphatic carbocycles.